The van der Waals surface area contributed by atoms with Gasteiger partial charge in [-0.2, -0.15) is 4.37 Å². The number of nitrogens with one attached hydrogen (secondary N) is 2. The average molecular weight is 343 g/mol. The van der Waals surface area contributed by atoms with Gasteiger partial charge in [-0.05, 0) is 43.4 Å². The molecule has 3 rings (SSSR count). The van der Waals surface area contributed by atoms with Crippen molar-refractivity contribution in [2.45, 2.75) is 45.1 Å². The van der Waals surface area contributed by atoms with Crippen molar-refractivity contribution in [1.82, 2.24) is 9.69 Å². The number of carbonyl (C=O) groups is 2. The van der Waals surface area contributed by atoms with Crippen molar-refractivity contribution >= 4 is 28.3 Å². The lowest BCUT2D eigenvalue weighted by Crippen LogP contribution is -2.36. The number of benzene rings is 1. The fourth-order valence-corrected chi connectivity index (χ4v) is 3.78. The molecule has 0 aliphatic heterocycles. The van der Waals surface area contributed by atoms with E-state index in [0.29, 0.717) is 21.8 Å². The van der Waals surface area contributed by atoms with E-state index < -0.39 is 0 Å². The first-order chi connectivity index (χ1) is 11.6. The van der Waals surface area contributed by atoms with Crippen molar-refractivity contribution < 1.29 is 9.59 Å². The molecule has 1 saturated carbocycles. The summed E-state index contributed by atoms with van der Waals surface area (Å²) in [7, 11) is 0. The number of hydrogen-bond acceptors (Lipinski definition) is 4. The zero-order valence-corrected chi connectivity index (χ0v) is 14.5. The second-order valence-electron chi connectivity index (χ2n) is 6.10. The number of amides is 2. The van der Waals surface area contributed by atoms with Gasteiger partial charge in [0.05, 0.1) is 11.3 Å². The Morgan fingerprint density at radius 3 is 2.50 bits per heavy atom. The minimum absolute atomic E-state index is 0.142. The van der Waals surface area contributed by atoms with Gasteiger partial charge in [0.15, 0.2) is 0 Å². The van der Waals surface area contributed by atoms with Crippen LogP contribution in [0.25, 0.3) is 0 Å². The summed E-state index contributed by atoms with van der Waals surface area (Å²) in [5, 5.41) is 6.42. The third kappa shape index (κ3) is 3.82. The zero-order valence-electron chi connectivity index (χ0n) is 13.7. The van der Waals surface area contributed by atoms with Crippen LogP contribution in [0.15, 0.2) is 30.3 Å². The standard InChI is InChI=1S/C18H21N3O2S/c1-12-15(17(23)19-14-10-6-3-7-11-14)18(24-21-12)20-16(22)13-8-4-2-5-9-13/h2,4-5,8-9,14H,3,6-7,10-11H2,1H3,(H,19,23)(H,20,22). The lowest BCUT2D eigenvalue weighted by atomic mass is 9.95. The fraction of sp³-hybridized carbons (Fsp3) is 0.389. The Morgan fingerprint density at radius 1 is 1.08 bits per heavy atom. The Hall–Kier alpha value is -2.21. The van der Waals surface area contributed by atoms with E-state index in [4.69, 9.17) is 0 Å². The molecule has 2 N–H and O–H groups in total. The zero-order chi connectivity index (χ0) is 16.9. The van der Waals surface area contributed by atoms with E-state index >= 15 is 0 Å². The van der Waals surface area contributed by atoms with Crippen LogP contribution in [0.1, 0.15) is 58.5 Å². The molecule has 2 amide bonds. The van der Waals surface area contributed by atoms with Crippen LogP contribution in [-0.2, 0) is 0 Å². The van der Waals surface area contributed by atoms with Crippen LogP contribution in [0.2, 0.25) is 0 Å². The highest BCUT2D eigenvalue weighted by molar-refractivity contribution is 7.11. The molecule has 0 bridgehead atoms. The molecule has 0 unspecified atom stereocenters. The van der Waals surface area contributed by atoms with E-state index in [2.05, 4.69) is 15.0 Å². The molecule has 0 radical (unpaired) electrons. The van der Waals surface area contributed by atoms with Gasteiger partial charge in [0.25, 0.3) is 11.8 Å². The molecule has 6 heteroatoms. The van der Waals surface area contributed by atoms with E-state index in [9.17, 15) is 9.59 Å². The van der Waals surface area contributed by atoms with Gasteiger partial charge in [-0.3, -0.25) is 9.59 Å². The Bertz CT molecular complexity index is 721. The minimum Gasteiger partial charge on any atom is -0.349 e. The molecule has 1 heterocycles. The molecule has 5 nitrogen and oxygen atoms in total. The van der Waals surface area contributed by atoms with Gasteiger partial charge in [-0.25, -0.2) is 0 Å². The van der Waals surface area contributed by atoms with Crippen molar-refractivity contribution in [3.8, 4) is 0 Å². The SMILES string of the molecule is Cc1nsc(NC(=O)c2ccccc2)c1C(=O)NC1CCCCC1. The first kappa shape index (κ1) is 16.6. The van der Waals surface area contributed by atoms with Crippen LogP contribution < -0.4 is 10.6 Å². The quantitative estimate of drug-likeness (QED) is 0.888. The van der Waals surface area contributed by atoms with Crippen LogP contribution >= 0.6 is 11.5 Å². The molecular weight excluding hydrogens is 322 g/mol. The van der Waals surface area contributed by atoms with Crippen molar-refractivity contribution in [2.24, 2.45) is 0 Å². The van der Waals surface area contributed by atoms with Crippen molar-refractivity contribution in [2.75, 3.05) is 5.32 Å². The minimum atomic E-state index is -0.231. The first-order valence-corrected chi connectivity index (χ1v) is 9.06. The average Bonchev–Trinajstić information content (AvgIpc) is 2.97. The number of anilines is 1. The highest BCUT2D eigenvalue weighted by Gasteiger charge is 2.23. The summed E-state index contributed by atoms with van der Waals surface area (Å²) in [5.74, 6) is -0.373. The number of rotatable bonds is 4. The molecule has 1 aromatic carbocycles. The van der Waals surface area contributed by atoms with E-state index in [1.54, 1.807) is 19.1 Å². The summed E-state index contributed by atoms with van der Waals surface area (Å²) in [6.07, 6.45) is 5.60. The van der Waals surface area contributed by atoms with Crippen molar-refractivity contribution in [3.05, 3.63) is 47.2 Å². The number of carbonyl (C=O) groups excluding carboxylic acids is 2. The van der Waals surface area contributed by atoms with Gasteiger partial charge >= 0.3 is 0 Å². The summed E-state index contributed by atoms with van der Waals surface area (Å²) in [6, 6.07) is 9.18. The second-order valence-corrected chi connectivity index (χ2v) is 6.87. The maximum Gasteiger partial charge on any atom is 0.256 e. The summed E-state index contributed by atoms with van der Waals surface area (Å²) in [4.78, 5) is 25.0. The number of aryl methyl sites for hydroxylation is 1. The third-order valence-corrected chi connectivity index (χ3v) is 5.15. The largest absolute Gasteiger partial charge is 0.349 e. The Balaban J connectivity index is 1.73. The van der Waals surface area contributed by atoms with Gasteiger partial charge in [-0.15, -0.1) is 0 Å². The van der Waals surface area contributed by atoms with Crippen LogP contribution in [0.4, 0.5) is 5.00 Å². The lowest BCUT2D eigenvalue weighted by Gasteiger charge is -2.22. The van der Waals surface area contributed by atoms with Crippen LogP contribution in [-0.4, -0.2) is 22.2 Å². The molecule has 0 saturated heterocycles. The molecule has 24 heavy (non-hydrogen) atoms. The molecule has 1 aliphatic carbocycles. The first-order valence-electron chi connectivity index (χ1n) is 8.28. The molecule has 126 valence electrons. The Morgan fingerprint density at radius 2 is 1.79 bits per heavy atom. The number of aromatic nitrogens is 1. The lowest BCUT2D eigenvalue weighted by molar-refractivity contribution is 0.0928. The Kier molecular flexibility index (Phi) is 5.25. The van der Waals surface area contributed by atoms with Gasteiger partial charge in [0, 0.05) is 11.6 Å². The van der Waals surface area contributed by atoms with Crippen LogP contribution in [0.3, 0.4) is 0 Å². The number of hydrogen-bond donors (Lipinski definition) is 2. The molecule has 1 fully saturated rings. The van der Waals surface area contributed by atoms with E-state index in [1.165, 1.54) is 6.42 Å². The topological polar surface area (TPSA) is 71.1 Å². The fourth-order valence-electron chi connectivity index (χ4n) is 2.99. The summed E-state index contributed by atoms with van der Waals surface area (Å²) in [5.41, 5.74) is 1.69. The van der Waals surface area contributed by atoms with Crippen molar-refractivity contribution in [3.63, 3.8) is 0 Å². The summed E-state index contributed by atoms with van der Waals surface area (Å²) < 4.78 is 4.24. The highest BCUT2D eigenvalue weighted by Crippen LogP contribution is 2.26. The van der Waals surface area contributed by atoms with Crippen molar-refractivity contribution in [1.29, 1.82) is 0 Å². The molecular formula is C18H21N3O2S. The smallest absolute Gasteiger partial charge is 0.256 e. The monoisotopic (exact) mass is 343 g/mol. The number of nitrogens with zero attached hydrogens (tertiary/aromatic N) is 1. The van der Waals surface area contributed by atoms with E-state index in [-0.39, 0.29) is 17.9 Å². The maximum atomic E-state index is 12.6. The normalized spacial score (nSPS) is 15.0. The maximum absolute atomic E-state index is 12.6. The van der Waals surface area contributed by atoms with Crippen LogP contribution in [0.5, 0.6) is 0 Å². The van der Waals surface area contributed by atoms with Gasteiger partial charge in [0.1, 0.15) is 5.00 Å². The summed E-state index contributed by atoms with van der Waals surface area (Å²) >= 11 is 1.15. The predicted molar refractivity (Wildman–Crippen MR) is 95.6 cm³/mol. The van der Waals surface area contributed by atoms with E-state index in [1.807, 2.05) is 18.2 Å². The molecule has 0 atom stereocenters. The third-order valence-electron chi connectivity index (χ3n) is 4.29. The van der Waals surface area contributed by atoms with Gasteiger partial charge in [-0.1, -0.05) is 37.5 Å². The summed E-state index contributed by atoms with van der Waals surface area (Å²) in [6.45, 7) is 1.80. The molecule has 1 aliphatic rings. The van der Waals surface area contributed by atoms with Gasteiger partial charge in [0.2, 0.25) is 0 Å². The molecule has 2 aromatic rings. The highest BCUT2D eigenvalue weighted by atomic mass is 32.1. The molecule has 1 aromatic heterocycles. The van der Waals surface area contributed by atoms with Gasteiger partial charge < -0.3 is 10.6 Å². The Labute approximate surface area is 145 Å². The molecule has 0 spiro atoms. The predicted octanol–water partition coefficient (Wildman–Crippen LogP) is 3.77. The second kappa shape index (κ2) is 7.57. The van der Waals surface area contributed by atoms with E-state index in [0.717, 1.165) is 37.2 Å². The van der Waals surface area contributed by atoms with Crippen LogP contribution in [0, 0.1) is 6.92 Å².